The van der Waals surface area contributed by atoms with Crippen LogP contribution in [0.25, 0.3) is 4.96 Å². The maximum atomic E-state index is 12.5. The van der Waals surface area contributed by atoms with Crippen molar-refractivity contribution < 1.29 is 4.79 Å². The fraction of sp³-hybridized carbons (Fsp3) is 0.294. The Bertz CT molecular complexity index is 941. The lowest BCUT2D eigenvalue weighted by molar-refractivity contribution is 0.102. The molecule has 0 atom stereocenters. The topological polar surface area (TPSA) is 76.4 Å². The summed E-state index contributed by atoms with van der Waals surface area (Å²) < 4.78 is 1.26. The average molecular weight is 342 g/mol. The Labute approximate surface area is 143 Å². The molecule has 0 aliphatic carbocycles. The van der Waals surface area contributed by atoms with E-state index in [0.717, 1.165) is 17.0 Å². The van der Waals surface area contributed by atoms with Gasteiger partial charge in [-0.3, -0.25) is 9.59 Å². The predicted molar refractivity (Wildman–Crippen MR) is 94.8 cm³/mol. The molecule has 3 rings (SSSR count). The molecule has 2 heterocycles. The molecule has 2 aromatic heterocycles. The largest absolute Gasteiger partial charge is 0.316 e. The first kappa shape index (κ1) is 16.3. The van der Waals surface area contributed by atoms with E-state index in [1.165, 1.54) is 22.0 Å². The lowest BCUT2D eigenvalue weighted by atomic mass is 10.1. The highest BCUT2D eigenvalue weighted by atomic mass is 32.1. The van der Waals surface area contributed by atoms with E-state index in [4.69, 9.17) is 0 Å². The number of fused-ring (bicyclic) bond motifs is 1. The molecule has 0 unspecified atom stereocenters. The van der Waals surface area contributed by atoms with Gasteiger partial charge in [0, 0.05) is 12.0 Å². The number of hydrogen-bond donors (Lipinski definition) is 1. The van der Waals surface area contributed by atoms with Crippen molar-refractivity contribution >= 4 is 27.9 Å². The van der Waals surface area contributed by atoms with Gasteiger partial charge in [-0.25, -0.2) is 4.98 Å². The first-order valence-electron chi connectivity index (χ1n) is 7.70. The molecule has 0 saturated carbocycles. The molecule has 7 heteroatoms. The van der Waals surface area contributed by atoms with E-state index in [1.54, 1.807) is 12.1 Å². The summed E-state index contributed by atoms with van der Waals surface area (Å²) in [5.74, 6) is 0.105. The summed E-state index contributed by atoms with van der Waals surface area (Å²) in [6.45, 7) is 6.13. The smallest absolute Gasteiger partial charge is 0.298 e. The highest BCUT2D eigenvalue weighted by Gasteiger charge is 2.14. The number of benzene rings is 1. The molecule has 0 spiro atoms. The highest BCUT2D eigenvalue weighted by molar-refractivity contribution is 7.16. The van der Waals surface area contributed by atoms with E-state index < -0.39 is 0 Å². The summed E-state index contributed by atoms with van der Waals surface area (Å²) in [6, 6.07) is 7.14. The number of amides is 1. The molecule has 3 aromatic rings. The molecule has 6 nitrogen and oxygen atoms in total. The molecular formula is C17H18N4O2S. The molecule has 0 radical (unpaired) electrons. The van der Waals surface area contributed by atoms with Crippen LogP contribution < -0.4 is 10.9 Å². The monoisotopic (exact) mass is 342 g/mol. The minimum atomic E-state index is -0.369. The third kappa shape index (κ3) is 3.35. The summed E-state index contributed by atoms with van der Waals surface area (Å²) in [6.07, 6.45) is 2.18. The van der Waals surface area contributed by atoms with Crippen molar-refractivity contribution in [2.24, 2.45) is 5.92 Å². The number of rotatable bonds is 4. The lowest BCUT2D eigenvalue weighted by Crippen LogP contribution is -2.23. The van der Waals surface area contributed by atoms with Crippen LogP contribution in [0.15, 0.2) is 35.3 Å². The Hall–Kier alpha value is -2.54. The molecule has 0 bridgehead atoms. The molecule has 1 amide bonds. The Morgan fingerprint density at radius 1 is 1.29 bits per heavy atom. The van der Waals surface area contributed by atoms with E-state index in [1.807, 2.05) is 19.1 Å². The fourth-order valence-corrected chi connectivity index (χ4v) is 3.31. The van der Waals surface area contributed by atoms with E-state index in [9.17, 15) is 9.59 Å². The van der Waals surface area contributed by atoms with Gasteiger partial charge in [0.2, 0.25) is 4.96 Å². The SMILES string of the molecule is Cc1ccc(C(=O)Nc2cnc3sc(CC(C)C)nn3c2=O)cc1. The summed E-state index contributed by atoms with van der Waals surface area (Å²) in [7, 11) is 0. The van der Waals surface area contributed by atoms with Gasteiger partial charge in [0.25, 0.3) is 11.5 Å². The molecule has 1 aromatic carbocycles. The molecule has 1 N–H and O–H groups in total. The van der Waals surface area contributed by atoms with Crippen LogP contribution in [-0.2, 0) is 6.42 Å². The van der Waals surface area contributed by atoms with Gasteiger partial charge in [-0.15, -0.1) is 0 Å². The number of nitrogens with one attached hydrogen (secondary N) is 1. The lowest BCUT2D eigenvalue weighted by Gasteiger charge is -2.04. The standard InChI is InChI=1S/C17H18N4O2S/c1-10(2)8-14-20-21-16(23)13(9-18-17(21)24-14)19-15(22)12-6-4-11(3)5-7-12/h4-7,9-10H,8H2,1-3H3,(H,19,22). The minimum Gasteiger partial charge on any atom is -0.316 e. The van der Waals surface area contributed by atoms with Crippen LogP contribution in [-0.4, -0.2) is 20.5 Å². The average Bonchev–Trinajstić information content (AvgIpc) is 2.93. The second-order valence-corrected chi connectivity index (χ2v) is 7.13. The van der Waals surface area contributed by atoms with E-state index in [0.29, 0.717) is 16.4 Å². The highest BCUT2D eigenvalue weighted by Crippen LogP contribution is 2.16. The first-order valence-corrected chi connectivity index (χ1v) is 8.51. The third-order valence-electron chi connectivity index (χ3n) is 3.47. The predicted octanol–water partition coefficient (Wildman–Crippen LogP) is 2.91. The molecule has 124 valence electrons. The van der Waals surface area contributed by atoms with Gasteiger partial charge in [-0.2, -0.15) is 9.61 Å². The van der Waals surface area contributed by atoms with Gasteiger partial charge >= 0.3 is 0 Å². The zero-order valence-electron chi connectivity index (χ0n) is 13.7. The number of aryl methyl sites for hydroxylation is 1. The van der Waals surface area contributed by atoms with Crippen LogP contribution in [0.2, 0.25) is 0 Å². The van der Waals surface area contributed by atoms with Gasteiger partial charge in [0.05, 0.1) is 6.20 Å². The van der Waals surface area contributed by atoms with Crippen molar-refractivity contribution in [3.63, 3.8) is 0 Å². The Morgan fingerprint density at radius 2 is 2.00 bits per heavy atom. The Balaban J connectivity index is 1.89. The van der Waals surface area contributed by atoms with Crippen LogP contribution >= 0.6 is 11.3 Å². The van der Waals surface area contributed by atoms with Gasteiger partial charge in [-0.1, -0.05) is 42.9 Å². The van der Waals surface area contributed by atoms with Crippen molar-refractivity contribution in [3.8, 4) is 0 Å². The molecule has 0 aliphatic rings. The van der Waals surface area contributed by atoms with Crippen LogP contribution in [0.1, 0.15) is 34.8 Å². The van der Waals surface area contributed by atoms with Gasteiger partial charge in [0.1, 0.15) is 10.7 Å². The summed E-state index contributed by atoms with van der Waals surface area (Å²) in [4.78, 5) is 29.5. The Kier molecular flexibility index (Phi) is 4.44. The second kappa shape index (κ2) is 6.52. The van der Waals surface area contributed by atoms with E-state index in [2.05, 4.69) is 29.2 Å². The van der Waals surface area contributed by atoms with Gasteiger partial charge in [0.15, 0.2) is 0 Å². The summed E-state index contributed by atoms with van der Waals surface area (Å²) in [5, 5.41) is 7.79. The number of hydrogen-bond acceptors (Lipinski definition) is 5. The second-order valence-electron chi connectivity index (χ2n) is 6.09. The number of carbonyl (C=O) groups is 1. The normalized spacial score (nSPS) is 11.2. The third-order valence-corrected chi connectivity index (χ3v) is 4.42. The van der Waals surface area contributed by atoms with Crippen LogP contribution in [0.5, 0.6) is 0 Å². The zero-order valence-corrected chi connectivity index (χ0v) is 14.6. The molecule has 0 fully saturated rings. The van der Waals surface area contributed by atoms with Gasteiger partial charge in [-0.05, 0) is 25.0 Å². The number of carbonyl (C=O) groups excluding carboxylic acids is 1. The van der Waals surface area contributed by atoms with Crippen LogP contribution in [0.4, 0.5) is 5.69 Å². The first-order chi connectivity index (χ1) is 11.4. The molecular weight excluding hydrogens is 324 g/mol. The molecule has 0 aliphatic heterocycles. The van der Waals surface area contributed by atoms with E-state index in [-0.39, 0.29) is 17.2 Å². The van der Waals surface area contributed by atoms with Crippen LogP contribution in [0.3, 0.4) is 0 Å². The van der Waals surface area contributed by atoms with E-state index >= 15 is 0 Å². The van der Waals surface area contributed by atoms with Crippen molar-refractivity contribution in [1.82, 2.24) is 14.6 Å². The van der Waals surface area contributed by atoms with Gasteiger partial charge < -0.3 is 5.32 Å². The maximum absolute atomic E-state index is 12.5. The number of aromatic nitrogens is 3. The fourth-order valence-electron chi connectivity index (χ4n) is 2.24. The molecule has 24 heavy (non-hydrogen) atoms. The van der Waals surface area contributed by atoms with Crippen molar-refractivity contribution in [2.75, 3.05) is 5.32 Å². The number of anilines is 1. The quantitative estimate of drug-likeness (QED) is 0.791. The Morgan fingerprint density at radius 3 is 2.67 bits per heavy atom. The maximum Gasteiger partial charge on any atom is 0.298 e. The van der Waals surface area contributed by atoms with Crippen LogP contribution in [0, 0.1) is 12.8 Å². The zero-order chi connectivity index (χ0) is 17.3. The summed E-state index contributed by atoms with van der Waals surface area (Å²) in [5.41, 5.74) is 1.31. The minimum absolute atomic E-state index is 0.125. The van der Waals surface area contributed by atoms with Crippen molar-refractivity contribution in [2.45, 2.75) is 27.2 Å². The van der Waals surface area contributed by atoms with Crippen molar-refractivity contribution in [1.29, 1.82) is 0 Å². The number of nitrogens with zero attached hydrogens (tertiary/aromatic N) is 3. The van der Waals surface area contributed by atoms with Crippen molar-refractivity contribution in [3.05, 3.63) is 57.0 Å². The molecule has 0 saturated heterocycles. The summed E-state index contributed by atoms with van der Waals surface area (Å²) >= 11 is 1.39.